The van der Waals surface area contributed by atoms with E-state index in [-0.39, 0.29) is 0 Å². The number of nitrogens with one attached hydrogen (secondary N) is 1. The minimum absolute atomic E-state index is 0.482. The number of methoxy groups -OCH3 is 1. The zero-order valence-electron chi connectivity index (χ0n) is 14.4. The number of nitrogens with two attached hydrogens (primary N) is 1. The summed E-state index contributed by atoms with van der Waals surface area (Å²) in [4.78, 5) is 6.60. The molecule has 0 saturated heterocycles. The summed E-state index contributed by atoms with van der Waals surface area (Å²) >= 11 is 0. The van der Waals surface area contributed by atoms with E-state index in [2.05, 4.69) is 54.3 Å². The average Bonchev–Trinajstić information content (AvgIpc) is 2.53. The summed E-state index contributed by atoms with van der Waals surface area (Å²) in [5, 5.41) is 3.28. The van der Waals surface area contributed by atoms with Gasteiger partial charge in [-0.2, -0.15) is 0 Å². The molecule has 3 N–H and O–H groups in total. The maximum atomic E-state index is 6.03. The number of para-hydroxylation sites is 1. The Kier molecular flexibility index (Phi) is 8.55. The second-order valence-corrected chi connectivity index (χ2v) is 5.35. The number of rotatable bonds is 9. The Morgan fingerprint density at radius 3 is 2.41 bits per heavy atom. The Morgan fingerprint density at radius 1 is 1.23 bits per heavy atom. The maximum Gasteiger partial charge on any atom is 0.193 e. The number of anilines is 1. The van der Waals surface area contributed by atoms with Gasteiger partial charge in [-0.15, -0.1) is 0 Å². The minimum atomic E-state index is 0.482. The van der Waals surface area contributed by atoms with Crippen LogP contribution in [-0.2, 0) is 17.6 Å². The van der Waals surface area contributed by atoms with Crippen molar-refractivity contribution in [3.05, 3.63) is 29.3 Å². The lowest BCUT2D eigenvalue weighted by atomic mass is 10.0. The minimum Gasteiger partial charge on any atom is -0.383 e. The second kappa shape index (κ2) is 10.2. The molecular weight excluding hydrogens is 276 g/mol. The van der Waals surface area contributed by atoms with E-state index in [1.54, 1.807) is 7.11 Å². The van der Waals surface area contributed by atoms with Crippen molar-refractivity contribution in [2.75, 3.05) is 45.7 Å². The zero-order valence-corrected chi connectivity index (χ0v) is 14.4. The van der Waals surface area contributed by atoms with Crippen molar-refractivity contribution in [1.82, 2.24) is 4.90 Å². The molecule has 0 spiro atoms. The molecule has 22 heavy (non-hydrogen) atoms. The third kappa shape index (κ3) is 6.03. The van der Waals surface area contributed by atoms with Crippen molar-refractivity contribution in [1.29, 1.82) is 0 Å². The van der Waals surface area contributed by atoms with Gasteiger partial charge in [0.1, 0.15) is 0 Å². The molecule has 1 aromatic rings. The van der Waals surface area contributed by atoms with Gasteiger partial charge in [-0.3, -0.25) is 4.99 Å². The quantitative estimate of drug-likeness (QED) is 0.542. The molecule has 0 bridgehead atoms. The van der Waals surface area contributed by atoms with Crippen LogP contribution in [0.3, 0.4) is 0 Å². The molecule has 0 aromatic heterocycles. The van der Waals surface area contributed by atoms with Gasteiger partial charge in [-0.05, 0) is 31.0 Å². The van der Waals surface area contributed by atoms with Crippen LogP contribution < -0.4 is 11.1 Å². The van der Waals surface area contributed by atoms with Gasteiger partial charge in [-0.25, -0.2) is 0 Å². The van der Waals surface area contributed by atoms with Crippen LogP contribution >= 0.6 is 0 Å². The number of guanidine groups is 1. The van der Waals surface area contributed by atoms with Gasteiger partial charge in [0.05, 0.1) is 13.2 Å². The molecule has 5 heteroatoms. The molecule has 0 atom stereocenters. The number of likely N-dealkylation sites (N-methyl/N-ethyl adjacent to an activating group) is 1. The highest BCUT2D eigenvalue weighted by molar-refractivity contribution is 5.93. The van der Waals surface area contributed by atoms with Gasteiger partial charge in [0.25, 0.3) is 0 Å². The van der Waals surface area contributed by atoms with Gasteiger partial charge in [0.2, 0.25) is 0 Å². The van der Waals surface area contributed by atoms with Gasteiger partial charge >= 0.3 is 0 Å². The summed E-state index contributed by atoms with van der Waals surface area (Å²) in [6.07, 6.45) is 1.95. The Balaban J connectivity index is 2.60. The lowest BCUT2D eigenvalue weighted by Crippen LogP contribution is -2.28. The Bertz CT molecular complexity index is 451. The van der Waals surface area contributed by atoms with Gasteiger partial charge in [0, 0.05) is 25.9 Å². The van der Waals surface area contributed by atoms with Crippen molar-refractivity contribution in [2.24, 2.45) is 10.7 Å². The summed E-state index contributed by atoms with van der Waals surface area (Å²) in [5.74, 6) is 0.482. The molecule has 5 nitrogen and oxygen atoms in total. The number of nitrogens with zero attached hydrogens (tertiary/aromatic N) is 2. The van der Waals surface area contributed by atoms with Gasteiger partial charge in [-0.1, -0.05) is 32.0 Å². The highest BCUT2D eigenvalue weighted by Gasteiger charge is 2.07. The summed E-state index contributed by atoms with van der Waals surface area (Å²) in [7, 11) is 3.77. The highest BCUT2D eigenvalue weighted by atomic mass is 16.5. The van der Waals surface area contributed by atoms with E-state index in [0.717, 1.165) is 38.2 Å². The first-order valence-electron chi connectivity index (χ1n) is 7.97. The van der Waals surface area contributed by atoms with Crippen LogP contribution in [0.4, 0.5) is 5.69 Å². The molecule has 124 valence electrons. The molecular formula is C17H30N4O. The van der Waals surface area contributed by atoms with Crippen molar-refractivity contribution in [2.45, 2.75) is 26.7 Å². The van der Waals surface area contributed by atoms with Crippen LogP contribution in [0.15, 0.2) is 23.2 Å². The van der Waals surface area contributed by atoms with Gasteiger partial charge in [0.15, 0.2) is 5.96 Å². The van der Waals surface area contributed by atoms with Gasteiger partial charge < -0.3 is 20.7 Å². The Hall–Kier alpha value is -1.59. The number of hydrogen-bond acceptors (Lipinski definition) is 3. The predicted molar refractivity (Wildman–Crippen MR) is 94.7 cm³/mol. The van der Waals surface area contributed by atoms with Crippen LogP contribution in [-0.4, -0.2) is 51.3 Å². The fraction of sp³-hybridized carbons (Fsp3) is 0.588. The third-order valence-corrected chi connectivity index (χ3v) is 3.69. The van der Waals surface area contributed by atoms with Crippen molar-refractivity contribution >= 4 is 11.6 Å². The fourth-order valence-corrected chi connectivity index (χ4v) is 2.27. The molecule has 0 aliphatic carbocycles. The average molecular weight is 306 g/mol. The van der Waals surface area contributed by atoms with E-state index in [9.17, 15) is 0 Å². The molecule has 0 aliphatic rings. The largest absolute Gasteiger partial charge is 0.383 e. The number of aliphatic imine (C=N–C) groups is 1. The van der Waals surface area contributed by atoms with Crippen molar-refractivity contribution < 1.29 is 4.74 Å². The summed E-state index contributed by atoms with van der Waals surface area (Å²) in [6, 6.07) is 6.36. The van der Waals surface area contributed by atoms with E-state index in [1.165, 1.54) is 11.1 Å². The number of benzene rings is 1. The number of ether oxygens (including phenoxy) is 1. The summed E-state index contributed by atoms with van der Waals surface area (Å²) in [6.45, 7) is 7.47. The second-order valence-electron chi connectivity index (χ2n) is 5.35. The molecule has 0 heterocycles. The molecule has 0 aliphatic heterocycles. The Morgan fingerprint density at radius 2 is 1.86 bits per heavy atom. The van der Waals surface area contributed by atoms with E-state index in [1.807, 2.05) is 0 Å². The normalized spacial score (nSPS) is 12.0. The van der Waals surface area contributed by atoms with Crippen LogP contribution in [0, 0.1) is 0 Å². The molecule has 0 radical (unpaired) electrons. The van der Waals surface area contributed by atoms with Crippen LogP contribution in [0.1, 0.15) is 25.0 Å². The molecule has 0 unspecified atom stereocenters. The lowest BCUT2D eigenvalue weighted by molar-refractivity contribution is 0.163. The fourth-order valence-electron chi connectivity index (χ4n) is 2.27. The molecule has 0 fully saturated rings. The van der Waals surface area contributed by atoms with Crippen LogP contribution in [0.5, 0.6) is 0 Å². The third-order valence-electron chi connectivity index (χ3n) is 3.69. The van der Waals surface area contributed by atoms with Crippen molar-refractivity contribution in [3.63, 3.8) is 0 Å². The smallest absolute Gasteiger partial charge is 0.193 e. The monoisotopic (exact) mass is 306 g/mol. The van der Waals surface area contributed by atoms with E-state index < -0.39 is 0 Å². The molecule has 1 rings (SSSR count). The van der Waals surface area contributed by atoms with E-state index >= 15 is 0 Å². The first-order valence-corrected chi connectivity index (χ1v) is 7.97. The predicted octanol–water partition coefficient (Wildman–Crippen LogP) is 2.12. The summed E-state index contributed by atoms with van der Waals surface area (Å²) in [5.41, 5.74) is 9.69. The standard InChI is InChI=1S/C17H30N4O/c1-5-14-8-7-9-15(6-2)16(14)20-17(18)19-10-11-21(3)12-13-22-4/h7-9H,5-6,10-13H2,1-4H3,(H3,18,19,20). The number of hydrogen-bond donors (Lipinski definition) is 2. The summed E-state index contributed by atoms with van der Waals surface area (Å²) < 4.78 is 5.06. The topological polar surface area (TPSA) is 62.9 Å². The van der Waals surface area contributed by atoms with Crippen LogP contribution in [0.2, 0.25) is 0 Å². The molecule has 1 aromatic carbocycles. The SMILES string of the molecule is CCc1cccc(CC)c1NC(N)=NCCN(C)CCOC. The first-order chi connectivity index (χ1) is 10.6. The molecule has 0 saturated carbocycles. The number of aryl methyl sites for hydroxylation is 2. The van der Waals surface area contributed by atoms with Crippen LogP contribution in [0.25, 0.3) is 0 Å². The maximum absolute atomic E-state index is 6.03. The first kappa shape index (κ1) is 18.5. The Labute approximate surface area is 134 Å². The lowest BCUT2D eigenvalue weighted by Gasteiger charge is -2.16. The highest BCUT2D eigenvalue weighted by Crippen LogP contribution is 2.22. The van der Waals surface area contributed by atoms with E-state index in [0.29, 0.717) is 12.5 Å². The van der Waals surface area contributed by atoms with E-state index in [4.69, 9.17) is 10.5 Å². The molecule has 0 amide bonds. The van der Waals surface area contributed by atoms with Crippen molar-refractivity contribution in [3.8, 4) is 0 Å². The zero-order chi connectivity index (χ0) is 16.4.